The van der Waals surface area contributed by atoms with Gasteiger partial charge >= 0.3 is 24.7 Å². The van der Waals surface area contributed by atoms with E-state index < -0.39 is 59.2 Å². The third kappa shape index (κ3) is 14.7. The summed E-state index contributed by atoms with van der Waals surface area (Å²) in [6.07, 6.45) is -17.7. The minimum absolute atomic E-state index is 0.000979. The number of nitrogens with one attached hydrogen (secondary N) is 3. The number of aryl methyl sites for hydroxylation is 1. The van der Waals surface area contributed by atoms with Crippen LogP contribution in [0.2, 0.25) is 20.1 Å². The quantitative estimate of drug-likeness (QED) is 0.0415. The van der Waals surface area contributed by atoms with E-state index in [9.17, 15) is 62.3 Å². The number of hydrogen-bond acceptors (Lipinski definition) is 9. The SMILES string of the molecule is CNc1cc(N2CCC(C(F)(F)F)CC2)c(Cl)cc1N.Cn1c(Cc2cc(CNC(=O)C3(C(F)(F)F)CC3)ccc2Cl)nc2cc(Cl)c(N3CCC(C(F)(F)F)CC3)cc21.N#CSc1cc(CNC(=O)C2(C(F)(F)F)CC2)ccc1Cl. The molecule has 0 spiro atoms. The van der Waals surface area contributed by atoms with E-state index >= 15 is 0 Å². The molecule has 4 aliphatic rings. The molecule has 0 atom stereocenters. The second-order valence-corrected chi connectivity index (χ2v) is 22.7. The van der Waals surface area contributed by atoms with Crippen LogP contribution in [0.3, 0.4) is 0 Å². The fourth-order valence-corrected chi connectivity index (χ4v) is 11.1. The Hall–Kier alpha value is -5.35. The lowest BCUT2D eigenvalue weighted by Crippen LogP contribution is -2.40. The predicted molar refractivity (Wildman–Crippen MR) is 289 cm³/mol. The molecule has 440 valence electrons. The zero-order chi connectivity index (χ0) is 59.6. The van der Waals surface area contributed by atoms with Crippen molar-refractivity contribution in [2.24, 2.45) is 29.7 Å². The number of alkyl halides is 12. The Morgan fingerprint density at radius 2 is 1.14 bits per heavy atom. The molecule has 2 saturated carbocycles. The lowest BCUT2D eigenvalue weighted by molar-refractivity contribution is -0.193. The number of fused-ring (bicyclic) bond motifs is 1. The molecular weight excluding hydrogens is 1200 g/mol. The molecular formula is C53H53Cl4F12N9O2S. The smallest absolute Gasteiger partial charge is 0.397 e. The summed E-state index contributed by atoms with van der Waals surface area (Å²) in [5, 5.41) is 19.8. The molecule has 2 amide bonds. The average Bonchev–Trinajstić information content (AvgIpc) is 4.36. The highest BCUT2D eigenvalue weighted by molar-refractivity contribution is 8.03. The number of nitriles is 1. The van der Waals surface area contributed by atoms with Crippen molar-refractivity contribution >= 4 is 104 Å². The maximum atomic E-state index is 13.2. The number of carbonyl (C=O) groups is 2. The van der Waals surface area contributed by atoms with Crippen LogP contribution in [0.5, 0.6) is 0 Å². The van der Waals surface area contributed by atoms with Crippen molar-refractivity contribution in [3.05, 3.63) is 103 Å². The van der Waals surface area contributed by atoms with Gasteiger partial charge in [-0.05, 0) is 122 Å². The Morgan fingerprint density at radius 3 is 1.58 bits per heavy atom. The highest BCUT2D eigenvalue weighted by Gasteiger charge is 2.69. The van der Waals surface area contributed by atoms with E-state index in [1.54, 1.807) is 61.6 Å². The van der Waals surface area contributed by atoms with Crippen LogP contribution < -0.4 is 31.5 Å². The van der Waals surface area contributed by atoms with E-state index in [2.05, 4.69) is 20.9 Å². The van der Waals surface area contributed by atoms with Gasteiger partial charge in [-0.25, -0.2) is 4.98 Å². The van der Waals surface area contributed by atoms with Gasteiger partial charge in [-0.3, -0.25) is 9.59 Å². The van der Waals surface area contributed by atoms with Crippen molar-refractivity contribution in [3.8, 4) is 5.40 Å². The largest absolute Gasteiger partial charge is 0.403 e. The fraction of sp³-hybridized carbons (Fsp3) is 0.472. The van der Waals surface area contributed by atoms with Crippen molar-refractivity contribution in [1.29, 1.82) is 5.26 Å². The van der Waals surface area contributed by atoms with Crippen molar-refractivity contribution in [1.82, 2.24) is 20.2 Å². The second kappa shape index (κ2) is 24.9. The molecule has 1 aromatic heterocycles. The maximum Gasteiger partial charge on any atom is 0.403 e. The van der Waals surface area contributed by atoms with Crippen LogP contribution in [0.25, 0.3) is 11.0 Å². The summed E-state index contributed by atoms with van der Waals surface area (Å²) in [4.78, 5) is 32.8. The molecule has 3 heterocycles. The molecule has 81 heavy (non-hydrogen) atoms. The fourth-order valence-electron chi connectivity index (χ4n) is 9.64. The van der Waals surface area contributed by atoms with Crippen LogP contribution in [-0.4, -0.2) is 79.3 Å². The lowest BCUT2D eigenvalue weighted by atomic mass is 9.96. The highest BCUT2D eigenvalue weighted by atomic mass is 35.5. The first-order valence-corrected chi connectivity index (χ1v) is 27.5. The Bertz CT molecular complexity index is 3140. The van der Waals surface area contributed by atoms with Crippen LogP contribution in [-0.2, 0) is 36.1 Å². The minimum atomic E-state index is -4.58. The molecule has 0 bridgehead atoms. The number of benzene rings is 4. The van der Waals surface area contributed by atoms with Crippen LogP contribution in [0.1, 0.15) is 73.9 Å². The van der Waals surface area contributed by atoms with Crippen molar-refractivity contribution in [3.63, 3.8) is 0 Å². The highest BCUT2D eigenvalue weighted by Crippen LogP contribution is 2.58. The van der Waals surface area contributed by atoms with E-state index in [1.165, 1.54) is 0 Å². The first-order valence-electron chi connectivity index (χ1n) is 25.2. The molecule has 11 nitrogen and oxygen atoms in total. The molecule has 0 radical (unpaired) electrons. The van der Waals surface area contributed by atoms with Gasteiger partial charge in [0.25, 0.3) is 0 Å². The number of piperidine rings is 2. The van der Waals surface area contributed by atoms with Gasteiger partial charge in [0.15, 0.2) is 0 Å². The van der Waals surface area contributed by atoms with Crippen molar-refractivity contribution in [2.75, 3.05) is 54.1 Å². The van der Waals surface area contributed by atoms with E-state index in [1.807, 2.05) is 32.9 Å². The summed E-state index contributed by atoms with van der Waals surface area (Å²) < 4.78 is 157. The standard InChI is InChI=1S/C27H26Cl2F6N4O.C13H17ClF3N3.C13H10ClF3N2OS/c1-38-22-13-21(39-8-4-17(5-9-39)26(30,31)32)19(29)12-20(22)37-23(38)11-16-10-15(2-3-18(16)28)14-36-24(40)25(6-7-25)27(33,34)35;1-19-11-7-12(9(14)6-10(11)18)20-4-2-8(3-5-20)13(15,16)17;14-9-2-1-8(5-10(9)21-7-18)6-19-11(20)12(3-4-12)13(15,16)17/h2-3,10,12-13,17H,4-9,11,14H2,1H3,(H,36,40);6-8,19H,2-5,18H2,1H3;1-2,5H,3-4,6H2,(H,19,20). The zero-order valence-electron chi connectivity index (χ0n) is 43.1. The number of hydrogen-bond donors (Lipinski definition) is 4. The zero-order valence-corrected chi connectivity index (χ0v) is 47.0. The molecule has 4 fully saturated rings. The van der Waals surface area contributed by atoms with Crippen molar-refractivity contribution < 1.29 is 62.3 Å². The van der Waals surface area contributed by atoms with Crippen molar-refractivity contribution in [2.45, 2.75) is 100 Å². The minimum Gasteiger partial charge on any atom is -0.397 e. The van der Waals surface area contributed by atoms with Crippen LogP contribution in [0, 0.1) is 33.3 Å². The monoisotopic (exact) mass is 1250 g/mol. The molecule has 4 aromatic carbocycles. The maximum absolute atomic E-state index is 13.2. The number of halogens is 16. The lowest BCUT2D eigenvalue weighted by Gasteiger charge is -2.35. The molecule has 28 heteroatoms. The van der Waals surface area contributed by atoms with Gasteiger partial charge < -0.3 is 36.1 Å². The number of rotatable bonds is 12. The first-order chi connectivity index (χ1) is 37.8. The molecule has 0 unspecified atom stereocenters. The van der Waals surface area contributed by atoms with E-state index in [-0.39, 0.29) is 77.5 Å². The Labute approximate surface area is 482 Å². The van der Waals surface area contributed by atoms with Crippen LogP contribution >= 0.6 is 58.2 Å². The third-order valence-electron chi connectivity index (χ3n) is 15.0. The summed E-state index contributed by atoms with van der Waals surface area (Å²) >= 11 is 25.8. The van der Waals surface area contributed by atoms with E-state index in [4.69, 9.17) is 57.4 Å². The third-order valence-corrected chi connectivity index (χ3v) is 17.1. The number of aromatic nitrogens is 2. The number of imidazole rings is 1. The number of nitrogens with two attached hydrogens (primary N) is 1. The van der Waals surface area contributed by atoms with Gasteiger partial charge in [0.2, 0.25) is 11.8 Å². The number of thiocyanates is 1. The Balaban J connectivity index is 0.000000194. The topological polar surface area (TPSA) is 144 Å². The summed E-state index contributed by atoms with van der Waals surface area (Å²) in [5.74, 6) is -3.92. The molecule has 5 aromatic rings. The number of nitrogens with zero attached hydrogens (tertiary/aromatic N) is 5. The van der Waals surface area contributed by atoms with Gasteiger partial charge in [0.05, 0.1) is 60.7 Å². The second-order valence-electron chi connectivity index (χ2n) is 20.2. The van der Waals surface area contributed by atoms with E-state index in [0.717, 1.165) is 28.7 Å². The van der Waals surface area contributed by atoms with Crippen LogP contribution in [0.4, 0.5) is 75.4 Å². The number of carbonyl (C=O) groups excluding carboxylic acids is 2. The summed E-state index contributed by atoms with van der Waals surface area (Å²) in [5.41, 5.74) is 7.11. The normalized spacial score (nSPS) is 17.3. The van der Waals surface area contributed by atoms with Crippen LogP contribution in [0.15, 0.2) is 65.6 Å². The van der Waals surface area contributed by atoms with Gasteiger partial charge in [0.1, 0.15) is 22.1 Å². The Kier molecular flexibility index (Phi) is 19.4. The number of thioether (sulfide) groups is 1. The molecule has 2 aliphatic heterocycles. The number of nitrogen functional groups attached to an aromatic ring is 1. The van der Waals surface area contributed by atoms with Gasteiger partial charge in [-0.1, -0.05) is 64.6 Å². The number of amides is 2. The Morgan fingerprint density at radius 1 is 0.679 bits per heavy atom. The summed E-state index contributed by atoms with van der Waals surface area (Å²) in [6.45, 7) is 1.06. The molecule has 9 rings (SSSR count). The molecule has 2 aliphatic carbocycles. The summed E-state index contributed by atoms with van der Waals surface area (Å²) in [7, 11) is 3.54. The number of anilines is 4. The van der Waals surface area contributed by atoms with Gasteiger partial charge in [-0.15, -0.1) is 0 Å². The molecule has 2 saturated heterocycles. The van der Waals surface area contributed by atoms with E-state index in [0.29, 0.717) is 83.9 Å². The first kappa shape index (κ1) is 63.2. The average molecular weight is 1250 g/mol. The van der Waals surface area contributed by atoms with Gasteiger partial charge in [-0.2, -0.15) is 57.9 Å². The van der Waals surface area contributed by atoms with Gasteiger partial charge in [0, 0.05) is 69.7 Å². The predicted octanol–water partition coefficient (Wildman–Crippen LogP) is 14.8. The summed E-state index contributed by atoms with van der Waals surface area (Å²) in [6, 6.07) is 16.6. The molecule has 5 N–H and O–H groups in total.